The molecule has 0 saturated carbocycles. The molecule has 1 heterocycles. The van der Waals surface area contributed by atoms with E-state index in [0.29, 0.717) is 5.54 Å². The Morgan fingerprint density at radius 3 is 2.07 bits per heavy atom. The number of hydrogen-bond acceptors (Lipinski definition) is 2. The van der Waals surface area contributed by atoms with E-state index in [4.69, 9.17) is 0 Å². The van der Waals surface area contributed by atoms with Gasteiger partial charge in [0.1, 0.15) is 0 Å². The summed E-state index contributed by atoms with van der Waals surface area (Å²) in [6.07, 6.45) is 8.04. The van der Waals surface area contributed by atoms with Gasteiger partial charge in [-0.3, -0.25) is 0 Å². The summed E-state index contributed by atoms with van der Waals surface area (Å²) in [6.45, 7) is 8.02. The summed E-state index contributed by atoms with van der Waals surface area (Å²) in [4.78, 5) is 0. The molecule has 14 heavy (non-hydrogen) atoms. The van der Waals surface area contributed by atoms with Crippen molar-refractivity contribution in [1.29, 1.82) is 0 Å². The predicted molar refractivity (Wildman–Crippen MR) is 62.7 cm³/mol. The zero-order valence-corrected chi connectivity index (χ0v) is 9.86. The number of nitrogens with one attached hydrogen (secondary N) is 2. The van der Waals surface area contributed by atoms with Crippen LogP contribution in [0.15, 0.2) is 0 Å². The van der Waals surface area contributed by atoms with Gasteiger partial charge >= 0.3 is 0 Å². The molecule has 0 unspecified atom stereocenters. The molecule has 1 rings (SSSR count). The molecule has 0 radical (unpaired) electrons. The van der Waals surface area contributed by atoms with Crippen molar-refractivity contribution in [2.75, 3.05) is 19.6 Å². The second-order valence-electron chi connectivity index (χ2n) is 4.59. The molecule has 0 atom stereocenters. The first kappa shape index (κ1) is 12.0. The molecule has 1 saturated heterocycles. The van der Waals surface area contributed by atoms with Gasteiger partial charge in [0.05, 0.1) is 0 Å². The zero-order valence-electron chi connectivity index (χ0n) is 9.86. The van der Waals surface area contributed by atoms with E-state index < -0.39 is 0 Å². The molecule has 84 valence electrons. The lowest BCUT2D eigenvalue weighted by molar-refractivity contribution is 0.227. The number of piperazine rings is 1. The first-order valence-corrected chi connectivity index (χ1v) is 6.29. The van der Waals surface area contributed by atoms with E-state index in [0.717, 1.165) is 13.1 Å². The van der Waals surface area contributed by atoms with E-state index in [1.54, 1.807) is 0 Å². The van der Waals surface area contributed by atoms with Gasteiger partial charge in [-0.1, -0.05) is 39.5 Å². The van der Waals surface area contributed by atoms with Gasteiger partial charge in [-0.2, -0.15) is 0 Å². The molecule has 2 N–H and O–H groups in total. The summed E-state index contributed by atoms with van der Waals surface area (Å²) < 4.78 is 0. The first-order chi connectivity index (χ1) is 6.83. The largest absolute Gasteiger partial charge is 0.314 e. The van der Waals surface area contributed by atoms with E-state index >= 15 is 0 Å². The van der Waals surface area contributed by atoms with Gasteiger partial charge in [0.2, 0.25) is 0 Å². The van der Waals surface area contributed by atoms with Gasteiger partial charge in [0.25, 0.3) is 0 Å². The van der Waals surface area contributed by atoms with Crippen LogP contribution >= 0.6 is 0 Å². The third-order valence-corrected chi connectivity index (χ3v) is 3.28. The normalized spacial score (nSPS) is 21.0. The van der Waals surface area contributed by atoms with Crippen LogP contribution in [-0.4, -0.2) is 25.2 Å². The molecule has 1 aliphatic rings. The second kappa shape index (κ2) is 6.41. The minimum Gasteiger partial charge on any atom is -0.314 e. The molecule has 0 aliphatic carbocycles. The van der Waals surface area contributed by atoms with Crippen molar-refractivity contribution in [2.45, 2.75) is 57.9 Å². The van der Waals surface area contributed by atoms with Crippen LogP contribution in [-0.2, 0) is 0 Å². The Bertz CT molecular complexity index is 129. The fourth-order valence-electron chi connectivity index (χ4n) is 2.32. The summed E-state index contributed by atoms with van der Waals surface area (Å²) in [6, 6.07) is 0. The highest BCUT2D eigenvalue weighted by Crippen LogP contribution is 2.22. The average Bonchev–Trinajstić information content (AvgIpc) is 2.25. The van der Waals surface area contributed by atoms with Gasteiger partial charge in [-0.05, 0) is 12.8 Å². The van der Waals surface area contributed by atoms with Gasteiger partial charge in [-0.15, -0.1) is 0 Å². The third kappa shape index (κ3) is 3.58. The Morgan fingerprint density at radius 2 is 1.64 bits per heavy atom. The molecule has 0 bridgehead atoms. The van der Waals surface area contributed by atoms with E-state index in [1.165, 1.54) is 45.1 Å². The number of rotatable bonds is 6. The molecule has 1 aliphatic heterocycles. The number of unbranched alkanes of at least 4 members (excludes halogenated alkanes) is 2. The molecule has 0 aromatic carbocycles. The zero-order chi connectivity index (χ0) is 10.3. The first-order valence-electron chi connectivity index (χ1n) is 6.29. The van der Waals surface area contributed by atoms with E-state index in [9.17, 15) is 0 Å². The molecule has 2 nitrogen and oxygen atoms in total. The Hall–Kier alpha value is -0.0800. The smallest absolute Gasteiger partial charge is 0.0306 e. The fraction of sp³-hybridized carbons (Fsp3) is 1.00. The third-order valence-electron chi connectivity index (χ3n) is 3.28. The highest BCUT2D eigenvalue weighted by Gasteiger charge is 2.29. The molecule has 1 fully saturated rings. The summed E-state index contributed by atoms with van der Waals surface area (Å²) in [5.74, 6) is 0. The minimum atomic E-state index is 0.421. The van der Waals surface area contributed by atoms with Crippen LogP contribution in [0.1, 0.15) is 52.4 Å². The van der Waals surface area contributed by atoms with Crippen molar-refractivity contribution >= 4 is 0 Å². The fourth-order valence-corrected chi connectivity index (χ4v) is 2.32. The number of hydrogen-bond donors (Lipinski definition) is 2. The lowest BCUT2D eigenvalue weighted by Gasteiger charge is -2.39. The second-order valence-corrected chi connectivity index (χ2v) is 4.59. The molecule has 0 aromatic rings. The summed E-state index contributed by atoms with van der Waals surface area (Å²) in [5, 5.41) is 7.27. The van der Waals surface area contributed by atoms with Crippen LogP contribution < -0.4 is 10.6 Å². The molecular formula is C12H26N2. The minimum absolute atomic E-state index is 0.421. The molecule has 0 amide bonds. The van der Waals surface area contributed by atoms with E-state index in [1.807, 2.05) is 0 Å². The van der Waals surface area contributed by atoms with Crippen LogP contribution in [0.5, 0.6) is 0 Å². The van der Waals surface area contributed by atoms with Crippen molar-refractivity contribution < 1.29 is 0 Å². The van der Waals surface area contributed by atoms with Crippen LogP contribution in [0.2, 0.25) is 0 Å². The van der Waals surface area contributed by atoms with Gasteiger partial charge in [0.15, 0.2) is 0 Å². The van der Waals surface area contributed by atoms with Crippen molar-refractivity contribution in [3.05, 3.63) is 0 Å². The summed E-state index contributed by atoms with van der Waals surface area (Å²) in [5.41, 5.74) is 0.421. The topological polar surface area (TPSA) is 24.1 Å². The van der Waals surface area contributed by atoms with Crippen LogP contribution in [0.4, 0.5) is 0 Å². The predicted octanol–water partition coefficient (Wildman–Crippen LogP) is 2.30. The maximum atomic E-state index is 3.74. The maximum Gasteiger partial charge on any atom is 0.0306 e. The molecule has 0 aromatic heterocycles. The average molecular weight is 198 g/mol. The van der Waals surface area contributed by atoms with Crippen molar-refractivity contribution in [3.8, 4) is 0 Å². The van der Waals surface area contributed by atoms with E-state index in [-0.39, 0.29) is 0 Å². The van der Waals surface area contributed by atoms with Gasteiger partial charge in [-0.25, -0.2) is 0 Å². The SMILES string of the molecule is CCCCC1(CCCC)CNCCN1. The maximum absolute atomic E-state index is 3.74. The lowest BCUT2D eigenvalue weighted by atomic mass is 9.86. The van der Waals surface area contributed by atoms with Crippen LogP contribution in [0.25, 0.3) is 0 Å². The monoisotopic (exact) mass is 198 g/mol. The van der Waals surface area contributed by atoms with Crippen molar-refractivity contribution in [2.24, 2.45) is 0 Å². The standard InChI is InChI=1S/C12H26N2/c1-3-5-7-12(8-6-4-2)11-13-9-10-14-12/h13-14H,3-11H2,1-2H3. The molecule has 0 spiro atoms. The van der Waals surface area contributed by atoms with Gasteiger partial charge in [0, 0.05) is 25.2 Å². The summed E-state index contributed by atoms with van der Waals surface area (Å²) >= 11 is 0. The van der Waals surface area contributed by atoms with Gasteiger partial charge < -0.3 is 10.6 Å². The van der Waals surface area contributed by atoms with Crippen LogP contribution in [0, 0.1) is 0 Å². The highest BCUT2D eigenvalue weighted by atomic mass is 15.1. The Balaban J connectivity index is 2.39. The van der Waals surface area contributed by atoms with Crippen molar-refractivity contribution in [1.82, 2.24) is 10.6 Å². The Kier molecular flexibility index (Phi) is 5.49. The van der Waals surface area contributed by atoms with E-state index in [2.05, 4.69) is 24.5 Å². The van der Waals surface area contributed by atoms with Crippen molar-refractivity contribution in [3.63, 3.8) is 0 Å². The molecule has 2 heteroatoms. The lowest BCUT2D eigenvalue weighted by Crippen LogP contribution is -2.59. The van der Waals surface area contributed by atoms with Crippen LogP contribution in [0.3, 0.4) is 0 Å². The molecular weight excluding hydrogens is 172 g/mol. The Morgan fingerprint density at radius 1 is 1.00 bits per heavy atom. The summed E-state index contributed by atoms with van der Waals surface area (Å²) in [7, 11) is 0. The highest BCUT2D eigenvalue weighted by molar-refractivity contribution is 4.93. The Labute approximate surface area is 88.8 Å². The quantitative estimate of drug-likeness (QED) is 0.684.